The molecule has 0 spiro atoms. The second kappa shape index (κ2) is 5.67. The van der Waals surface area contributed by atoms with Crippen LogP contribution in [0.2, 0.25) is 5.28 Å². The molecule has 1 atom stereocenters. The molecule has 1 aromatic heterocycles. The maximum absolute atomic E-state index is 5.82. The molecule has 17 heavy (non-hydrogen) atoms. The largest absolute Gasteiger partial charge is 0.367 e. The second-order valence-corrected chi connectivity index (χ2v) is 5.34. The molecule has 3 nitrogen and oxygen atoms in total. The van der Waals surface area contributed by atoms with Gasteiger partial charge >= 0.3 is 0 Å². The first kappa shape index (κ1) is 12.6. The van der Waals surface area contributed by atoms with E-state index in [4.69, 9.17) is 11.6 Å². The van der Waals surface area contributed by atoms with E-state index in [0.717, 1.165) is 17.3 Å². The zero-order valence-corrected chi connectivity index (χ0v) is 11.3. The summed E-state index contributed by atoms with van der Waals surface area (Å²) in [5.41, 5.74) is 1.05. The van der Waals surface area contributed by atoms with Gasteiger partial charge in [-0.05, 0) is 44.2 Å². The zero-order chi connectivity index (χ0) is 12.3. The molecular weight excluding hydrogens is 234 g/mol. The Labute approximate surface area is 108 Å². The summed E-state index contributed by atoms with van der Waals surface area (Å²) in [6.07, 6.45) is 8.53. The van der Waals surface area contributed by atoms with Gasteiger partial charge in [-0.2, -0.15) is 0 Å². The fraction of sp³-hybridized carbons (Fsp3) is 0.692. The van der Waals surface area contributed by atoms with Gasteiger partial charge in [0.25, 0.3) is 0 Å². The van der Waals surface area contributed by atoms with Crippen LogP contribution < -0.4 is 5.32 Å². The van der Waals surface area contributed by atoms with E-state index in [1.54, 1.807) is 6.20 Å². The van der Waals surface area contributed by atoms with Crippen molar-refractivity contribution in [3.63, 3.8) is 0 Å². The molecule has 94 valence electrons. The van der Waals surface area contributed by atoms with Crippen molar-refractivity contribution < 1.29 is 0 Å². The molecule has 1 aliphatic rings. The van der Waals surface area contributed by atoms with Crippen molar-refractivity contribution >= 4 is 17.4 Å². The maximum Gasteiger partial charge on any atom is 0.224 e. The van der Waals surface area contributed by atoms with Gasteiger partial charge in [-0.1, -0.05) is 19.3 Å². The number of hydrogen-bond donors (Lipinski definition) is 1. The highest BCUT2D eigenvalue weighted by Gasteiger charge is 2.20. The van der Waals surface area contributed by atoms with E-state index in [1.165, 1.54) is 32.1 Å². The van der Waals surface area contributed by atoms with Crippen LogP contribution in [0.4, 0.5) is 5.82 Å². The second-order valence-electron chi connectivity index (χ2n) is 5.00. The van der Waals surface area contributed by atoms with Crippen LogP contribution in [0.5, 0.6) is 0 Å². The summed E-state index contributed by atoms with van der Waals surface area (Å²) in [7, 11) is 0. The van der Waals surface area contributed by atoms with Crippen LogP contribution in [0.15, 0.2) is 6.20 Å². The van der Waals surface area contributed by atoms with Gasteiger partial charge in [-0.3, -0.25) is 0 Å². The van der Waals surface area contributed by atoms with Gasteiger partial charge in [-0.25, -0.2) is 9.97 Å². The molecule has 1 heterocycles. The lowest BCUT2D eigenvalue weighted by molar-refractivity contribution is 0.328. The van der Waals surface area contributed by atoms with Gasteiger partial charge in [0, 0.05) is 17.8 Å². The quantitative estimate of drug-likeness (QED) is 0.833. The Morgan fingerprint density at radius 1 is 1.35 bits per heavy atom. The molecule has 1 unspecified atom stereocenters. The highest BCUT2D eigenvalue weighted by molar-refractivity contribution is 6.28. The molecule has 1 N–H and O–H groups in total. The molecule has 1 saturated carbocycles. The van der Waals surface area contributed by atoms with Gasteiger partial charge in [0.2, 0.25) is 5.28 Å². The minimum atomic E-state index is 0.314. The number of nitrogens with zero attached hydrogens (tertiary/aromatic N) is 2. The number of anilines is 1. The third-order valence-electron chi connectivity index (χ3n) is 3.66. The Balaban J connectivity index is 2.01. The number of aryl methyl sites for hydroxylation is 1. The molecule has 1 aliphatic carbocycles. The number of hydrogen-bond acceptors (Lipinski definition) is 3. The Hall–Kier alpha value is -0.830. The van der Waals surface area contributed by atoms with Gasteiger partial charge < -0.3 is 5.32 Å². The van der Waals surface area contributed by atoms with Crippen LogP contribution in [0.25, 0.3) is 0 Å². The van der Waals surface area contributed by atoms with Crippen molar-refractivity contribution in [3.8, 4) is 0 Å². The summed E-state index contributed by atoms with van der Waals surface area (Å²) in [6.45, 7) is 4.25. The summed E-state index contributed by atoms with van der Waals surface area (Å²) >= 11 is 5.82. The normalized spacial score (nSPS) is 19.0. The Morgan fingerprint density at radius 3 is 2.76 bits per heavy atom. The fourth-order valence-corrected chi connectivity index (χ4v) is 2.67. The highest BCUT2D eigenvalue weighted by atomic mass is 35.5. The SMILES string of the molecule is Cc1cnc(Cl)nc1NC(C)C1CCCCC1. The van der Waals surface area contributed by atoms with Gasteiger partial charge in [0.15, 0.2) is 0 Å². The number of halogens is 1. The minimum Gasteiger partial charge on any atom is -0.367 e. The highest BCUT2D eigenvalue weighted by Crippen LogP contribution is 2.28. The smallest absolute Gasteiger partial charge is 0.224 e. The third kappa shape index (κ3) is 3.32. The molecule has 0 saturated heterocycles. The Bertz CT molecular complexity index is 375. The predicted molar refractivity (Wildman–Crippen MR) is 71.4 cm³/mol. The average Bonchev–Trinajstić information content (AvgIpc) is 2.35. The Morgan fingerprint density at radius 2 is 2.06 bits per heavy atom. The topological polar surface area (TPSA) is 37.8 Å². The van der Waals surface area contributed by atoms with Gasteiger partial charge in [0.05, 0.1) is 0 Å². The number of aromatic nitrogens is 2. The van der Waals surface area contributed by atoms with Gasteiger partial charge in [0.1, 0.15) is 5.82 Å². The molecule has 1 fully saturated rings. The first-order chi connectivity index (χ1) is 8.16. The van der Waals surface area contributed by atoms with Crippen LogP contribution in [0.1, 0.15) is 44.6 Å². The number of rotatable bonds is 3. The van der Waals surface area contributed by atoms with Crippen molar-refractivity contribution in [3.05, 3.63) is 17.0 Å². The summed E-state index contributed by atoms with van der Waals surface area (Å²) in [4.78, 5) is 8.22. The molecule has 0 amide bonds. The average molecular weight is 254 g/mol. The van der Waals surface area contributed by atoms with Gasteiger partial charge in [-0.15, -0.1) is 0 Å². The summed E-state index contributed by atoms with van der Waals surface area (Å²) in [5, 5.41) is 3.80. The van der Waals surface area contributed by atoms with Crippen LogP contribution in [-0.2, 0) is 0 Å². The predicted octanol–water partition coefficient (Wildman–Crippen LogP) is 3.82. The van der Waals surface area contributed by atoms with Crippen molar-refractivity contribution in [2.75, 3.05) is 5.32 Å². The van der Waals surface area contributed by atoms with Crippen molar-refractivity contribution in [2.24, 2.45) is 5.92 Å². The molecule has 0 aliphatic heterocycles. The lowest BCUT2D eigenvalue weighted by Crippen LogP contribution is -2.28. The van der Waals surface area contributed by atoms with E-state index in [0.29, 0.717) is 11.3 Å². The van der Waals surface area contributed by atoms with E-state index >= 15 is 0 Å². The Kier molecular flexibility index (Phi) is 4.21. The van der Waals surface area contributed by atoms with E-state index in [2.05, 4.69) is 22.2 Å². The van der Waals surface area contributed by atoms with Crippen molar-refractivity contribution in [1.82, 2.24) is 9.97 Å². The zero-order valence-electron chi connectivity index (χ0n) is 10.5. The lowest BCUT2D eigenvalue weighted by Gasteiger charge is -2.29. The molecule has 1 aromatic rings. The monoisotopic (exact) mass is 253 g/mol. The van der Waals surface area contributed by atoms with Crippen molar-refractivity contribution in [2.45, 2.75) is 52.0 Å². The minimum absolute atomic E-state index is 0.314. The standard InChI is InChI=1S/C13H20ClN3/c1-9-8-15-13(14)17-12(9)16-10(2)11-6-4-3-5-7-11/h8,10-11H,3-7H2,1-2H3,(H,15,16,17). The lowest BCUT2D eigenvalue weighted by atomic mass is 9.84. The maximum atomic E-state index is 5.82. The van der Waals surface area contributed by atoms with E-state index in [1.807, 2.05) is 6.92 Å². The fourth-order valence-electron chi connectivity index (χ4n) is 2.53. The van der Waals surface area contributed by atoms with Crippen LogP contribution >= 0.6 is 11.6 Å². The molecule has 0 bridgehead atoms. The molecule has 2 rings (SSSR count). The van der Waals surface area contributed by atoms with Crippen LogP contribution in [-0.4, -0.2) is 16.0 Å². The molecule has 0 radical (unpaired) electrons. The summed E-state index contributed by atoms with van der Waals surface area (Å²) < 4.78 is 0. The summed E-state index contributed by atoms with van der Waals surface area (Å²) in [6, 6.07) is 0.458. The van der Waals surface area contributed by atoms with E-state index in [9.17, 15) is 0 Å². The molecule has 0 aromatic carbocycles. The molecular formula is C13H20ClN3. The number of nitrogens with one attached hydrogen (secondary N) is 1. The van der Waals surface area contributed by atoms with Crippen LogP contribution in [0.3, 0.4) is 0 Å². The summed E-state index contributed by atoms with van der Waals surface area (Å²) in [5.74, 6) is 1.64. The van der Waals surface area contributed by atoms with Crippen molar-refractivity contribution in [1.29, 1.82) is 0 Å². The van der Waals surface area contributed by atoms with E-state index < -0.39 is 0 Å². The first-order valence-corrected chi connectivity index (χ1v) is 6.80. The first-order valence-electron chi connectivity index (χ1n) is 6.42. The van der Waals surface area contributed by atoms with E-state index in [-0.39, 0.29) is 0 Å². The molecule has 4 heteroatoms. The third-order valence-corrected chi connectivity index (χ3v) is 3.85. The van der Waals surface area contributed by atoms with Crippen LogP contribution in [0, 0.1) is 12.8 Å².